The van der Waals surface area contributed by atoms with Crippen molar-refractivity contribution in [1.29, 1.82) is 0 Å². The van der Waals surface area contributed by atoms with E-state index in [2.05, 4.69) is 85.8 Å². The number of rotatable bonds is 2. The molecule has 3 aromatic rings. The van der Waals surface area contributed by atoms with Crippen molar-refractivity contribution >= 4 is 6.08 Å². The van der Waals surface area contributed by atoms with Gasteiger partial charge in [0.2, 0.25) is 0 Å². The van der Waals surface area contributed by atoms with E-state index in [4.69, 9.17) is 0 Å². The van der Waals surface area contributed by atoms with Crippen LogP contribution in [0.3, 0.4) is 0 Å². The lowest BCUT2D eigenvalue weighted by atomic mass is 9.89. The fourth-order valence-electron chi connectivity index (χ4n) is 3.35. The van der Waals surface area contributed by atoms with Crippen molar-refractivity contribution in [2.45, 2.75) is 13.3 Å². The molecule has 106 valence electrons. The van der Waals surface area contributed by atoms with Crippen molar-refractivity contribution in [2.24, 2.45) is 0 Å². The van der Waals surface area contributed by atoms with E-state index in [0.29, 0.717) is 0 Å². The molecule has 0 radical (unpaired) electrons. The molecular formula is C22H18. The number of benzene rings is 3. The van der Waals surface area contributed by atoms with Gasteiger partial charge in [0.25, 0.3) is 0 Å². The first-order chi connectivity index (χ1) is 10.8. The van der Waals surface area contributed by atoms with Crippen molar-refractivity contribution in [2.75, 3.05) is 0 Å². The van der Waals surface area contributed by atoms with Crippen LogP contribution in [0.15, 0.2) is 78.4 Å². The summed E-state index contributed by atoms with van der Waals surface area (Å²) in [6, 6.07) is 26.0. The van der Waals surface area contributed by atoms with Gasteiger partial charge in [-0.3, -0.25) is 0 Å². The van der Waals surface area contributed by atoms with Gasteiger partial charge in [0.05, 0.1) is 0 Å². The van der Waals surface area contributed by atoms with E-state index in [1.165, 1.54) is 39.0 Å². The van der Waals surface area contributed by atoms with Crippen LogP contribution in [0.4, 0.5) is 0 Å². The fraction of sp³-hybridized carbons (Fsp3) is 0.0909. The Morgan fingerprint density at radius 1 is 0.682 bits per heavy atom. The zero-order valence-corrected chi connectivity index (χ0v) is 12.7. The van der Waals surface area contributed by atoms with Gasteiger partial charge in [0, 0.05) is 0 Å². The molecule has 0 aromatic heterocycles. The van der Waals surface area contributed by atoms with Crippen LogP contribution >= 0.6 is 0 Å². The van der Waals surface area contributed by atoms with E-state index in [1.807, 2.05) is 0 Å². The highest BCUT2D eigenvalue weighted by molar-refractivity contribution is 5.92. The molecule has 0 saturated carbocycles. The molecule has 4 rings (SSSR count). The van der Waals surface area contributed by atoms with Crippen LogP contribution in [0, 0.1) is 0 Å². The third-order valence-electron chi connectivity index (χ3n) is 4.34. The monoisotopic (exact) mass is 282 g/mol. The minimum atomic E-state index is 1.07. The maximum Gasteiger partial charge on any atom is -0.00300 e. The average molecular weight is 282 g/mol. The van der Waals surface area contributed by atoms with Crippen LogP contribution in [0.1, 0.15) is 18.1 Å². The summed E-state index contributed by atoms with van der Waals surface area (Å²) >= 11 is 0. The molecule has 0 N–H and O–H groups in total. The molecule has 0 heterocycles. The predicted octanol–water partition coefficient (Wildman–Crippen LogP) is 5.98. The number of hydrogen-bond acceptors (Lipinski definition) is 0. The maximum atomic E-state index is 2.35. The molecule has 0 amide bonds. The summed E-state index contributed by atoms with van der Waals surface area (Å²) in [6.45, 7) is 2.22. The molecule has 0 spiro atoms. The van der Waals surface area contributed by atoms with Crippen LogP contribution in [-0.4, -0.2) is 0 Å². The van der Waals surface area contributed by atoms with Crippen molar-refractivity contribution in [1.82, 2.24) is 0 Å². The summed E-state index contributed by atoms with van der Waals surface area (Å²) in [4.78, 5) is 0. The lowest BCUT2D eigenvalue weighted by Crippen LogP contribution is -1.92. The maximum absolute atomic E-state index is 2.35. The molecule has 0 aliphatic heterocycles. The van der Waals surface area contributed by atoms with E-state index in [0.717, 1.165) is 6.42 Å². The Bertz CT molecular complexity index is 840. The highest BCUT2D eigenvalue weighted by Crippen LogP contribution is 2.40. The molecule has 1 aliphatic rings. The summed E-state index contributed by atoms with van der Waals surface area (Å²) in [5.74, 6) is 0. The van der Waals surface area contributed by atoms with Crippen LogP contribution in [0.2, 0.25) is 0 Å². The van der Waals surface area contributed by atoms with Gasteiger partial charge in [-0.2, -0.15) is 0 Å². The number of hydrogen-bond donors (Lipinski definition) is 0. The second kappa shape index (κ2) is 5.31. The van der Waals surface area contributed by atoms with Gasteiger partial charge >= 0.3 is 0 Å². The minimum Gasteiger partial charge on any atom is -0.0683 e. The molecular weight excluding hydrogens is 264 g/mol. The molecule has 22 heavy (non-hydrogen) atoms. The van der Waals surface area contributed by atoms with E-state index >= 15 is 0 Å². The SMILES string of the molecule is CC1=Cc2c(ccc(-c3ccccc3)c2-c2ccccc2)C1. The van der Waals surface area contributed by atoms with Gasteiger partial charge in [-0.25, -0.2) is 0 Å². The highest BCUT2D eigenvalue weighted by Gasteiger charge is 2.18. The van der Waals surface area contributed by atoms with Crippen LogP contribution in [-0.2, 0) is 6.42 Å². The largest absolute Gasteiger partial charge is 0.0683 e. The predicted molar refractivity (Wildman–Crippen MR) is 94.7 cm³/mol. The minimum absolute atomic E-state index is 1.07. The normalized spacial score (nSPS) is 12.9. The van der Waals surface area contributed by atoms with Crippen molar-refractivity contribution < 1.29 is 0 Å². The van der Waals surface area contributed by atoms with E-state index in [-0.39, 0.29) is 0 Å². The first-order valence-corrected chi connectivity index (χ1v) is 7.77. The molecule has 0 nitrogen and oxygen atoms in total. The van der Waals surface area contributed by atoms with Gasteiger partial charge in [-0.15, -0.1) is 0 Å². The molecule has 0 atom stereocenters. The average Bonchev–Trinajstić information content (AvgIpc) is 2.95. The highest BCUT2D eigenvalue weighted by atomic mass is 14.2. The molecule has 0 heteroatoms. The van der Waals surface area contributed by atoms with Crippen molar-refractivity contribution in [3.8, 4) is 22.3 Å². The van der Waals surface area contributed by atoms with Gasteiger partial charge in [0.15, 0.2) is 0 Å². The molecule has 1 aliphatic carbocycles. The Labute approximate surface area is 131 Å². The van der Waals surface area contributed by atoms with Crippen LogP contribution < -0.4 is 0 Å². The Balaban J connectivity index is 2.03. The zero-order chi connectivity index (χ0) is 14.9. The molecule has 0 saturated heterocycles. The van der Waals surface area contributed by atoms with E-state index in [1.54, 1.807) is 0 Å². The summed E-state index contributed by atoms with van der Waals surface area (Å²) < 4.78 is 0. The Hall–Kier alpha value is -2.60. The Morgan fingerprint density at radius 3 is 2.00 bits per heavy atom. The summed E-state index contributed by atoms with van der Waals surface area (Å²) in [7, 11) is 0. The van der Waals surface area contributed by atoms with Crippen molar-refractivity contribution in [3.63, 3.8) is 0 Å². The standard InChI is InChI=1S/C22H18/c1-16-14-19-12-13-20(17-8-4-2-5-9-17)22(21(19)15-16)18-10-6-3-7-11-18/h2-13,15H,14H2,1H3. The van der Waals surface area contributed by atoms with Crippen LogP contribution in [0.5, 0.6) is 0 Å². The topological polar surface area (TPSA) is 0 Å². The van der Waals surface area contributed by atoms with Gasteiger partial charge in [-0.05, 0) is 46.7 Å². The first-order valence-electron chi connectivity index (χ1n) is 7.77. The zero-order valence-electron chi connectivity index (χ0n) is 12.7. The van der Waals surface area contributed by atoms with Crippen LogP contribution in [0.25, 0.3) is 28.3 Å². The quantitative estimate of drug-likeness (QED) is 0.542. The smallest absolute Gasteiger partial charge is 0.00300 e. The summed E-state index contributed by atoms with van der Waals surface area (Å²) in [5.41, 5.74) is 9.53. The molecule has 0 fully saturated rings. The third kappa shape index (κ3) is 2.17. The molecule has 0 bridgehead atoms. The van der Waals surface area contributed by atoms with Gasteiger partial charge in [-0.1, -0.05) is 84.4 Å². The second-order valence-electron chi connectivity index (χ2n) is 5.96. The van der Waals surface area contributed by atoms with Gasteiger partial charge in [0.1, 0.15) is 0 Å². The number of allylic oxidation sites excluding steroid dienone is 1. The van der Waals surface area contributed by atoms with Gasteiger partial charge < -0.3 is 0 Å². The lowest BCUT2D eigenvalue weighted by Gasteiger charge is -2.15. The Morgan fingerprint density at radius 2 is 1.32 bits per heavy atom. The number of fused-ring (bicyclic) bond motifs is 1. The second-order valence-corrected chi connectivity index (χ2v) is 5.96. The summed E-state index contributed by atoms with van der Waals surface area (Å²) in [5, 5.41) is 0. The molecule has 3 aromatic carbocycles. The first kappa shape index (κ1) is 13.1. The van der Waals surface area contributed by atoms with E-state index in [9.17, 15) is 0 Å². The third-order valence-corrected chi connectivity index (χ3v) is 4.34. The molecule has 0 unspecified atom stereocenters. The van der Waals surface area contributed by atoms with E-state index < -0.39 is 0 Å². The fourth-order valence-corrected chi connectivity index (χ4v) is 3.35. The van der Waals surface area contributed by atoms with Crippen molar-refractivity contribution in [3.05, 3.63) is 89.5 Å². The Kier molecular flexibility index (Phi) is 3.16. The summed E-state index contributed by atoms with van der Waals surface area (Å²) in [6.07, 6.45) is 3.42. The lowest BCUT2D eigenvalue weighted by molar-refractivity contribution is 1.20.